The number of rotatable bonds is 2. The molecule has 0 saturated carbocycles. The third-order valence-electron chi connectivity index (χ3n) is 2.18. The van der Waals surface area contributed by atoms with Crippen molar-refractivity contribution in [2.45, 2.75) is 20.3 Å². The molecule has 70 valence electrons. The highest BCUT2D eigenvalue weighted by atomic mass is 16.5. The lowest BCUT2D eigenvalue weighted by Gasteiger charge is -2.05. The van der Waals surface area contributed by atoms with Gasteiger partial charge in [-0.2, -0.15) is 0 Å². The quantitative estimate of drug-likeness (QED) is 0.749. The first-order chi connectivity index (χ1) is 6.25. The van der Waals surface area contributed by atoms with Crippen molar-refractivity contribution in [1.29, 1.82) is 0 Å². The Morgan fingerprint density at radius 2 is 2.31 bits per heavy atom. The second-order valence-electron chi connectivity index (χ2n) is 3.89. The van der Waals surface area contributed by atoms with E-state index in [0.717, 1.165) is 17.9 Å². The molecule has 1 aromatic rings. The molecule has 0 fully saturated rings. The second-order valence-corrected chi connectivity index (χ2v) is 3.89. The summed E-state index contributed by atoms with van der Waals surface area (Å²) in [6, 6.07) is 6.40. The van der Waals surface area contributed by atoms with E-state index in [1.807, 2.05) is 0 Å². The summed E-state index contributed by atoms with van der Waals surface area (Å²) in [6.07, 6.45) is 1.12. The first kappa shape index (κ1) is 8.42. The van der Waals surface area contributed by atoms with Crippen LogP contribution in [0, 0.1) is 5.92 Å². The van der Waals surface area contributed by atoms with E-state index in [9.17, 15) is 0 Å². The molecule has 0 amide bonds. The molecule has 1 N–H and O–H groups in total. The van der Waals surface area contributed by atoms with Crippen molar-refractivity contribution >= 4 is 5.69 Å². The normalized spacial score (nSPS) is 13.8. The lowest BCUT2D eigenvalue weighted by atomic mass is 10.0. The van der Waals surface area contributed by atoms with Crippen molar-refractivity contribution in [3.8, 4) is 5.75 Å². The van der Waals surface area contributed by atoms with Crippen LogP contribution in [0.5, 0.6) is 5.75 Å². The van der Waals surface area contributed by atoms with Crippen molar-refractivity contribution in [2.24, 2.45) is 5.92 Å². The molecule has 0 radical (unpaired) electrons. The van der Waals surface area contributed by atoms with Crippen LogP contribution >= 0.6 is 0 Å². The number of ether oxygens (including phenoxy) is 1. The van der Waals surface area contributed by atoms with E-state index in [4.69, 9.17) is 4.74 Å². The molecule has 0 atom stereocenters. The van der Waals surface area contributed by atoms with E-state index >= 15 is 0 Å². The Morgan fingerprint density at radius 3 is 3.08 bits per heavy atom. The maximum absolute atomic E-state index is 5.41. The molecule has 0 saturated heterocycles. The Labute approximate surface area is 78.9 Å². The molecule has 0 unspecified atom stereocenters. The average molecular weight is 177 g/mol. The molecule has 0 aromatic heterocycles. The average Bonchev–Trinajstić information content (AvgIpc) is 2.49. The van der Waals surface area contributed by atoms with Gasteiger partial charge in [0.25, 0.3) is 0 Å². The zero-order valence-electron chi connectivity index (χ0n) is 8.13. The van der Waals surface area contributed by atoms with E-state index in [0.29, 0.717) is 12.6 Å². The smallest absolute Gasteiger partial charge is 0.159 e. The molecule has 0 aliphatic carbocycles. The van der Waals surface area contributed by atoms with Crippen LogP contribution < -0.4 is 10.1 Å². The molecule has 1 aromatic carbocycles. The number of anilines is 1. The van der Waals surface area contributed by atoms with Crippen LogP contribution in [0.15, 0.2) is 18.2 Å². The Morgan fingerprint density at radius 1 is 1.46 bits per heavy atom. The summed E-state index contributed by atoms with van der Waals surface area (Å²) >= 11 is 0. The van der Waals surface area contributed by atoms with Crippen LogP contribution in [-0.4, -0.2) is 6.73 Å². The molecule has 2 nitrogen and oxygen atoms in total. The summed E-state index contributed by atoms with van der Waals surface area (Å²) in [5.74, 6) is 1.70. The van der Waals surface area contributed by atoms with E-state index in [1.165, 1.54) is 5.56 Å². The maximum atomic E-state index is 5.41. The lowest BCUT2D eigenvalue weighted by Crippen LogP contribution is -1.96. The van der Waals surface area contributed by atoms with Crippen LogP contribution in [0.1, 0.15) is 19.4 Å². The van der Waals surface area contributed by atoms with Crippen LogP contribution in [0.25, 0.3) is 0 Å². The van der Waals surface area contributed by atoms with E-state index in [-0.39, 0.29) is 0 Å². The standard InChI is InChI=1S/C11H15NO/c1-8(2)5-9-3-4-10-11(6-9)13-7-12-10/h3-4,6,8,12H,5,7H2,1-2H3. The summed E-state index contributed by atoms with van der Waals surface area (Å²) in [4.78, 5) is 0. The molecule has 2 rings (SSSR count). The number of fused-ring (bicyclic) bond motifs is 1. The minimum atomic E-state index is 0.612. The first-order valence-corrected chi connectivity index (χ1v) is 4.75. The number of nitrogens with one attached hydrogen (secondary N) is 1. The van der Waals surface area contributed by atoms with Crippen molar-refractivity contribution < 1.29 is 4.74 Å². The summed E-state index contributed by atoms with van der Waals surface area (Å²) in [5.41, 5.74) is 2.48. The fourth-order valence-corrected chi connectivity index (χ4v) is 1.62. The third-order valence-corrected chi connectivity index (χ3v) is 2.18. The van der Waals surface area contributed by atoms with Crippen LogP contribution in [-0.2, 0) is 6.42 Å². The Balaban J connectivity index is 2.21. The van der Waals surface area contributed by atoms with Gasteiger partial charge in [-0.1, -0.05) is 19.9 Å². The zero-order chi connectivity index (χ0) is 9.26. The van der Waals surface area contributed by atoms with Crippen molar-refractivity contribution in [3.05, 3.63) is 23.8 Å². The van der Waals surface area contributed by atoms with Gasteiger partial charge in [-0.05, 0) is 30.0 Å². The minimum Gasteiger partial charge on any atom is -0.471 e. The van der Waals surface area contributed by atoms with Crippen LogP contribution in [0.2, 0.25) is 0 Å². The molecule has 0 bridgehead atoms. The molecule has 0 spiro atoms. The molecule has 1 aliphatic rings. The van der Waals surface area contributed by atoms with Crippen molar-refractivity contribution in [1.82, 2.24) is 0 Å². The highest BCUT2D eigenvalue weighted by Crippen LogP contribution is 2.30. The van der Waals surface area contributed by atoms with Gasteiger partial charge in [-0.3, -0.25) is 0 Å². The van der Waals surface area contributed by atoms with E-state index in [1.54, 1.807) is 0 Å². The largest absolute Gasteiger partial charge is 0.471 e. The van der Waals surface area contributed by atoms with Gasteiger partial charge in [0.15, 0.2) is 6.73 Å². The van der Waals surface area contributed by atoms with Gasteiger partial charge in [0.2, 0.25) is 0 Å². The van der Waals surface area contributed by atoms with Crippen molar-refractivity contribution in [3.63, 3.8) is 0 Å². The summed E-state index contributed by atoms with van der Waals surface area (Å²) in [5, 5.41) is 3.16. The second kappa shape index (κ2) is 3.29. The molecule has 13 heavy (non-hydrogen) atoms. The highest BCUT2D eigenvalue weighted by molar-refractivity contribution is 5.60. The van der Waals surface area contributed by atoms with Gasteiger partial charge in [0.1, 0.15) is 5.75 Å². The molecular weight excluding hydrogens is 162 g/mol. The summed E-state index contributed by atoms with van der Waals surface area (Å²) in [7, 11) is 0. The lowest BCUT2D eigenvalue weighted by molar-refractivity contribution is 0.372. The van der Waals surface area contributed by atoms with Crippen LogP contribution in [0.3, 0.4) is 0 Å². The van der Waals surface area contributed by atoms with Gasteiger partial charge in [0, 0.05) is 0 Å². The molecular formula is C11H15NO. The van der Waals surface area contributed by atoms with Gasteiger partial charge in [-0.25, -0.2) is 0 Å². The Hall–Kier alpha value is -1.18. The first-order valence-electron chi connectivity index (χ1n) is 4.75. The van der Waals surface area contributed by atoms with E-state index < -0.39 is 0 Å². The van der Waals surface area contributed by atoms with Gasteiger partial charge >= 0.3 is 0 Å². The molecule has 1 aliphatic heterocycles. The number of hydrogen-bond acceptors (Lipinski definition) is 2. The topological polar surface area (TPSA) is 21.3 Å². The maximum Gasteiger partial charge on any atom is 0.159 e. The molecule has 2 heteroatoms. The van der Waals surface area contributed by atoms with Crippen molar-refractivity contribution in [2.75, 3.05) is 12.0 Å². The minimum absolute atomic E-state index is 0.612. The number of hydrogen-bond donors (Lipinski definition) is 1. The fourth-order valence-electron chi connectivity index (χ4n) is 1.62. The van der Waals surface area contributed by atoms with E-state index in [2.05, 4.69) is 37.4 Å². The third kappa shape index (κ3) is 1.77. The van der Waals surface area contributed by atoms with Gasteiger partial charge in [-0.15, -0.1) is 0 Å². The highest BCUT2D eigenvalue weighted by Gasteiger charge is 2.11. The summed E-state index contributed by atoms with van der Waals surface area (Å²) in [6.45, 7) is 5.07. The Bertz CT molecular complexity index is 307. The predicted octanol–water partition coefficient (Wildman–Crippen LogP) is 2.65. The predicted molar refractivity (Wildman–Crippen MR) is 54.1 cm³/mol. The van der Waals surface area contributed by atoms with Gasteiger partial charge < -0.3 is 10.1 Å². The SMILES string of the molecule is CC(C)Cc1ccc2c(c1)OCN2. The van der Waals surface area contributed by atoms with Crippen LogP contribution in [0.4, 0.5) is 5.69 Å². The monoisotopic (exact) mass is 177 g/mol. The fraction of sp³-hybridized carbons (Fsp3) is 0.455. The van der Waals surface area contributed by atoms with Gasteiger partial charge in [0.05, 0.1) is 5.69 Å². The summed E-state index contributed by atoms with van der Waals surface area (Å²) < 4.78 is 5.41. The number of benzene rings is 1. The zero-order valence-corrected chi connectivity index (χ0v) is 8.13. The molecule has 1 heterocycles. The Kier molecular flexibility index (Phi) is 2.13.